The van der Waals surface area contributed by atoms with Crippen LogP contribution in [-0.4, -0.2) is 41.4 Å². The highest BCUT2D eigenvalue weighted by Gasteiger charge is 2.39. The third-order valence-electron chi connectivity index (χ3n) is 6.03. The van der Waals surface area contributed by atoms with Gasteiger partial charge in [0.15, 0.2) is 0 Å². The van der Waals surface area contributed by atoms with E-state index in [1.807, 2.05) is 30.3 Å². The summed E-state index contributed by atoms with van der Waals surface area (Å²) in [7, 11) is 0. The van der Waals surface area contributed by atoms with Crippen molar-refractivity contribution in [2.24, 2.45) is 11.8 Å². The van der Waals surface area contributed by atoms with Gasteiger partial charge in [-0.3, -0.25) is 14.5 Å². The smallest absolute Gasteiger partial charge is 0.325 e. The first-order chi connectivity index (χ1) is 13.0. The van der Waals surface area contributed by atoms with Crippen LogP contribution in [0, 0.1) is 11.8 Å². The largest absolute Gasteiger partial charge is 0.352 e. The molecule has 1 aromatic carbocycles. The first kappa shape index (κ1) is 19.4. The molecule has 146 valence electrons. The number of urea groups is 1. The third-order valence-corrected chi connectivity index (χ3v) is 6.03. The Morgan fingerprint density at radius 3 is 2.67 bits per heavy atom. The molecule has 27 heavy (non-hydrogen) atoms. The molecule has 4 amide bonds. The van der Waals surface area contributed by atoms with E-state index < -0.39 is 12.1 Å². The number of carbonyl (C=O) groups is 3. The number of nitrogens with one attached hydrogen (secondary N) is 2. The van der Waals surface area contributed by atoms with E-state index >= 15 is 0 Å². The zero-order valence-electron chi connectivity index (χ0n) is 16.1. The summed E-state index contributed by atoms with van der Waals surface area (Å²) in [5, 5.41) is 5.73. The van der Waals surface area contributed by atoms with E-state index in [1.165, 1.54) is 6.42 Å². The van der Waals surface area contributed by atoms with Crippen molar-refractivity contribution in [2.75, 3.05) is 6.54 Å². The minimum Gasteiger partial charge on any atom is -0.352 e. The van der Waals surface area contributed by atoms with Crippen molar-refractivity contribution in [3.05, 3.63) is 35.9 Å². The van der Waals surface area contributed by atoms with Crippen molar-refractivity contribution < 1.29 is 14.4 Å². The van der Waals surface area contributed by atoms with Crippen molar-refractivity contribution in [3.63, 3.8) is 0 Å². The van der Waals surface area contributed by atoms with E-state index in [0.29, 0.717) is 24.7 Å². The third kappa shape index (κ3) is 4.67. The Kier molecular flexibility index (Phi) is 6.14. The molecule has 1 aromatic rings. The van der Waals surface area contributed by atoms with Gasteiger partial charge < -0.3 is 10.6 Å². The zero-order valence-corrected chi connectivity index (χ0v) is 16.1. The van der Waals surface area contributed by atoms with Gasteiger partial charge in [0.25, 0.3) is 5.91 Å². The molecule has 0 bridgehead atoms. The van der Waals surface area contributed by atoms with Gasteiger partial charge in [-0.1, -0.05) is 57.0 Å². The molecular formula is C21H29N3O3. The van der Waals surface area contributed by atoms with E-state index in [0.717, 1.165) is 23.3 Å². The van der Waals surface area contributed by atoms with Crippen LogP contribution in [-0.2, 0) is 16.0 Å². The van der Waals surface area contributed by atoms with E-state index in [9.17, 15) is 14.4 Å². The maximum absolute atomic E-state index is 12.5. The molecule has 6 heteroatoms. The van der Waals surface area contributed by atoms with Crippen LogP contribution in [0.2, 0.25) is 0 Å². The van der Waals surface area contributed by atoms with Gasteiger partial charge in [0, 0.05) is 6.04 Å². The standard InChI is InChI=1S/C21H29N3O3/c1-14-7-6-10-17(15(14)2)22-19(25)13-24-20(26)18(23-21(24)27)12-11-16-8-4-3-5-9-16/h3-5,8-9,14-15,17-18H,6-7,10-13H2,1-2H3,(H,22,25)(H,23,27)/t14-,15-,17+,18-/m1/s1. The topological polar surface area (TPSA) is 78.5 Å². The molecule has 1 saturated carbocycles. The first-order valence-electron chi connectivity index (χ1n) is 9.91. The fourth-order valence-corrected chi connectivity index (χ4v) is 4.06. The minimum atomic E-state index is -0.556. The fourth-order valence-electron chi connectivity index (χ4n) is 4.06. The van der Waals surface area contributed by atoms with Crippen LogP contribution in [0.4, 0.5) is 4.79 Å². The van der Waals surface area contributed by atoms with Crippen LogP contribution in [0.1, 0.15) is 45.1 Å². The van der Waals surface area contributed by atoms with Gasteiger partial charge >= 0.3 is 6.03 Å². The molecule has 1 saturated heterocycles. The monoisotopic (exact) mass is 371 g/mol. The van der Waals surface area contributed by atoms with Crippen LogP contribution in [0.25, 0.3) is 0 Å². The molecular weight excluding hydrogens is 342 g/mol. The lowest BCUT2D eigenvalue weighted by Crippen LogP contribution is -2.48. The molecule has 2 aliphatic rings. The highest BCUT2D eigenvalue weighted by molar-refractivity contribution is 6.06. The van der Waals surface area contributed by atoms with Crippen LogP contribution < -0.4 is 10.6 Å². The first-order valence-corrected chi connectivity index (χ1v) is 9.91. The summed E-state index contributed by atoms with van der Waals surface area (Å²) in [6, 6.07) is 8.94. The Morgan fingerprint density at radius 2 is 1.93 bits per heavy atom. The Morgan fingerprint density at radius 1 is 1.19 bits per heavy atom. The molecule has 0 spiro atoms. The molecule has 0 unspecified atom stereocenters. The maximum Gasteiger partial charge on any atom is 0.325 e. The number of nitrogens with zero attached hydrogens (tertiary/aromatic N) is 1. The number of hydrogen-bond acceptors (Lipinski definition) is 3. The second-order valence-electron chi connectivity index (χ2n) is 7.89. The second-order valence-corrected chi connectivity index (χ2v) is 7.89. The number of imide groups is 1. The Bertz CT molecular complexity index is 691. The van der Waals surface area contributed by atoms with Crippen molar-refractivity contribution in [1.82, 2.24) is 15.5 Å². The highest BCUT2D eigenvalue weighted by Crippen LogP contribution is 2.29. The summed E-state index contributed by atoms with van der Waals surface area (Å²) in [5.41, 5.74) is 1.12. The lowest BCUT2D eigenvalue weighted by Gasteiger charge is -2.34. The summed E-state index contributed by atoms with van der Waals surface area (Å²) in [6.45, 7) is 4.16. The van der Waals surface area contributed by atoms with Crippen molar-refractivity contribution in [3.8, 4) is 0 Å². The van der Waals surface area contributed by atoms with Crippen LogP contribution in [0.5, 0.6) is 0 Å². The van der Waals surface area contributed by atoms with Gasteiger partial charge in [-0.25, -0.2) is 4.79 Å². The Labute approximate surface area is 160 Å². The van der Waals surface area contributed by atoms with Crippen LogP contribution >= 0.6 is 0 Å². The van der Waals surface area contributed by atoms with Crippen molar-refractivity contribution in [1.29, 1.82) is 0 Å². The van der Waals surface area contributed by atoms with Crippen molar-refractivity contribution in [2.45, 2.75) is 58.0 Å². The molecule has 3 rings (SSSR count). The predicted molar refractivity (Wildman–Crippen MR) is 103 cm³/mol. The van der Waals surface area contributed by atoms with Gasteiger partial charge in [0.05, 0.1) is 0 Å². The number of benzene rings is 1. The van der Waals surface area contributed by atoms with Gasteiger partial charge in [0.1, 0.15) is 12.6 Å². The number of amides is 4. The average Bonchev–Trinajstić information content (AvgIpc) is 2.92. The molecule has 0 radical (unpaired) electrons. The van der Waals surface area contributed by atoms with Gasteiger partial charge in [0.2, 0.25) is 5.91 Å². The highest BCUT2D eigenvalue weighted by atomic mass is 16.2. The lowest BCUT2D eigenvalue weighted by molar-refractivity contribution is -0.132. The number of hydrogen-bond donors (Lipinski definition) is 2. The quantitative estimate of drug-likeness (QED) is 0.754. The normalized spacial score (nSPS) is 28.1. The SMILES string of the molecule is C[C@@H]1[C@H](C)CCC[C@@H]1NC(=O)CN1C(=O)N[C@H](CCc2ccccc2)C1=O. The summed E-state index contributed by atoms with van der Waals surface area (Å²) >= 11 is 0. The zero-order chi connectivity index (χ0) is 19.4. The predicted octanol–water partition coefficient (Wildman–Crippen LogP) is 2.48. The summed E-state index contributed by atoms with van der Waals surface area (Å²) in [6.07, 6.45) is 4.47. The molecule has 1 aliphatic carbocycles. The number of aryl methyl sites for hydroxylation is 1. The van der Waals surface area contributed by atoms with E-state index in [1.54, 1.807) is 0 Å². The molecule has 2 fully saturated rings. The summed E-state index contributed by atoms with van der Waals surface area (Å²) in [4.78, 5) is 38.2. The maximum atomic E-state index is 12.5. The number of rotatable bonds is 6. The number of carbonyl (C=O) groups excluding carboxylic acids is 3. The van der Waals surface area contributed by atoms with Gasteiger partial charge in [-0.05, 0) is 36.7 Å². The van der Waals surface area contributed by atoms with E-state index in [2.05, 4.69) is 24.5 Å². The van der Waals surface area contributed by atoms with Crippen LogP contribution in [0.15, 0.2) is 30.3 Å². The molecule has 6 nitrogen and oxygen atoms in total. The molecule has 4 atom stereocenters. The van der Waals surface area contributed by atoms with Crippen LogP contribution in [0.3, 0.4) is 0 Å². The lowest BCUT2D eigenvalue weighted by atomic mass is 9.78. The summed E-state index contributed by atoms with van der Waals surface area (Å²) < 4.78 is 0. The van der Waals surface area contributed by atoms with Gasteiger partial charge in [-0.2, -0.15) is 0 Å². The average molecular weight is 371 g/mol. The molecule has 2 N–H and O–H groups in total. The Hall–Kier alpha value is -2.37. The molecule has 1 heterocycles. The molecule has 0 aromatic heterocycles. The second kappa shape index (κ2) is 8.55. The Balaban J connectivity index is 1.51. The molecule has 1 aliphatic heterocycles. The van der Waals surface area contributed by atoms with E-state index in [4.69, 9.17) is 0 Å². The van der Waals surface area contributed by atoms with Crippen molar-refractivity contribution >= 4 is 17.8 Å². The van der Waals surface area contributed by atoms with Gasteiger partial charge in [-0.15, -0.1) is 0 Å². The minimum absolute atomic E-state index is 0.121. The fraction of sp³-hybridized carbons (Fsp3) is 0.571. The summed E-state index contributed by atoms with van der Waals surface area (Å²) in [5.74, 6) is 0.414. The van der Waals surface area contributed by atoms with E-state index in [-0.39, 0.29) is 24.4 Å².